The van der Waals surface area contributed by atoms with E-state index in [2.05, 4.69) is 0 Å². The second kappa shape index (κ2) is 9.80. The molecule has 4 aliphatic rings. The molecule has 0 spiro atoms. The van der Waals surface area contributed by atoms with Crippen molar-refractivity contribution in [3.8, 4) is 0 Å². The van der Waals surface area contributed by atoms with Gasteiger partial charge in [-0.05, 0) is 52.6 Å². The van der Waals surface area contributed by atoms with Gasteiger partial charge in [0.2, 0.25) is 0 Å². The number of hydrogen-bond donors (Lipinski definition) is 0. The number of ketones is 1. The minimum Gasteiger partial charge on any atom is -0.292 e. The lowest BCUT2D eigenvalue weighted by Gasteiger charge is -2.45. The number of rotatable bonds is 6. The monoisotopic (exact) mass is 575 g/mol. The Morgan fingerprint density at radius 3 is 1.74 bits per heavy atom. The average molecular weight is 576 g/mol. The summed E-state index contributed by atoms with van der Waals surface area (Å²) in [4.78, 5) is 66.8. The Bertz CT molecular complexity index is 1760. The lowest BCUT2D eigenvalue weighted by molar-refractivity contribution is -0.384. The van der Waals surface area contributed by atoms with Crippen molar-refractivity contribution in [2.24, 2.45) is 11.8 Å². The van der Waals surface area contributed by atoms with E-state index < -0.39 is 64.5 Å². The third kappa shape index (κ3) is 3.98. The van der Waals surface area contributed by atoms with Gasteiger partial charge in [0, 0.05) is 35.1 Å². The van der Waals surface area contributed by atoms with Crippen molar-refractivity contribution in [3.05, 3.63) is 146 Å². The number of nitro benzene ring substituents is 1. The van der Waals surface area contributed by atoms with Crippen molar-refractivity contribution in [2.75, 3.05) is 6.54 Å². The summed E-state index contributed by atoms with van der Waals surface area (Å²) < 4.78 is 13.6. The average Bonchev–Trinajstić information content (AvgIpc) is 3.29. The first kappa shape index (κ1) is 26.4. The first-order valence-electron chi connectivity index (χ1n) is 13.7. The molecule has 0 aromatic heterocycles. The zero-order valence-electron chi connectivity index (χ0n) is 22.4. The number of Topliss-reactive ketones (excluding diaryl/α,β-unsaturated/α-hetero) is 1. The van der Waals surface area contributed by atoms with E-state index in [-0.39, 0.29) is 16.8 Å². The fourth-order valence-electron chi connectivity index (χ4n) is 6.90. The summed E-state index contributed by atoms with van der Waals surface area (Å²) in [5, 5.41) is 13.0. The minimum atomic E-state index is -0.929. The van der Waals surface area contributed by atoms with Crippen LogP contribution in [0.15, 0.2) is 97.1 Å². The Kier molecular flexibility index (Phi) is 6.01. The van der Waals surface area contributed by atoms with Gasteiger partial charge in [-0.3, -0.25) is 29.3 Å². The van der Waals surface area contributed by atoms with Crippen LogP contribution in [-0.4, -0.2) is 45.0 Å². The zero-order chi connectivity index (χ0) is 30.0. The summed E-state index contributed by atoms with van der Waals surface area (Å²) in [6.45, 7) is -0.723. The number of imide groups is 1. The van der Waals surface area contributed by atoms with Gasteiger partial charge in [-0.15, -0.1) is 0 Å². The fourth-order valence-corrected chi connectivity index (χ4v) is 6.90. The van der Waals surface area contributed by atoms with Crippen LogP contribution in [0.25, 0.3) is 0 Å². The number of nitro groups is 1. The number of carbonyl (C=O) groups excluding carboxylic acids is 4. The second-order valence-corrected chi connectivity index (χ2v) is 10.9. The van der Waals surface area contributed by atoms with E-state index in [0.717, 1.165) is 50.5 Å². The molecule has 8 rings (SSSR count). The molecule has 1 aliphatic heterocycles. The molecular formula is C33H22FN3O6. The molecule has 43 heavy (non-hydrogen) atoms. The van der Waals surface area contributed by atoms with Crippen LogP contribution >= 0.6 is 0 Å². The Hall–Kier alpha value is -5.51. The number of carbonyl (C=O) groups is 4. The summed E-state index contributed by atoms with van der Waals surface area (Å²) in [5.41, 5.74) is 3.28. The van der Waals surface area contributed by atoms with Gasteiger partial charge in [-0.2, -0.15) is 5.01 Å². The summed E-state index contributed by atoms with van der Waals surface area (Å²) in [6, 6.07) is 24.9. The van der Waals surface area contributed by atoms with E-state index in [1.807, 2.05) is 48.5 Å². The smallest absolute Gasteiger partial charge is 0.273 e. The van der Waals surface area contributed by atoms with Gasteiger partial charge >= 0.3 is 0 Å². The molecule has 0 saturated carbocycles. The maximum atomic E-state index is 14.3. The molecule has 212 valence electrons. The van der Waals surface area contributed by atoms with E-state index in [1.165, 1.54) is 30.3 Å². The van der Waals surface area contributed by atoms with Gasteiger partial charge in [-0.1, -0.05) is 54.6 Å². The number of nitrogens with zero attached hydrogens (tertiary/aromatic N) is 3. The molecule has 3 amide bonds. The van der Waals surface area contributed by atoms with E-state index in [0.29, 0.717) is 0 Å². The molecule has 3 aliphatic carbocycles. The van der Waals surface area contributed by atoms with Crippen LogP contribution in [0.1, 0.15) is 54.8 Å². The van der Waals surface area contributed by atoms with Crippen molar-refractivity contribution in [1.29, 1.82) is 0 Å². The minimum absolute atomic E-state index is 0.0645. The Balaban J connectivity index is 1.33. The van der Waals surface area contributed by atoms with E-state index in [9.17, 15) is 33.7 Å². The summed E-state index contributed by atoms with van der Waals surface area (Å²) >= 11 is 0. The Labute approximate surface area is 244 Å². The van der Waals surface area contributed by atoms with Gasteiger partial charge in [0.1, 0.15) is 12.4 Å². The van der Waals surface area contributed by atoms with Crippen LogP contribution < -0.4 is 0 Å². The molecule has 10 heteroatoms. The molecular weight excluding hydrogens is 553 g/mol. The third-order valence-electron chi connectivity index (χ3n) is 8.66. The largest absolute Gasteiger partial charge is 0.292 e. The highest BCUT2D eigenvalue weighted by atomic mass is 19.1. The van der Waals surface area contributed by atoms with E-state index in [1.54, 1.807) is 0 Å². The molecule has 4 aromatic rings. The van der Waals surface area contributed by atoms with Crippen LogP contribution in [0, 0.1) is 27.8 Å². The summed E-state index contributed by atoms with van der Waals surface area (Å²) in [7, 11) is 0. The summed E-state index contributed by atoms with van der Waals surface area (Å²) in [5.74, 6) is -5.90. The second-order valence-electron chi connectivity index (χ2n) is 10.9. The highest BCUT2D eigenvalue weighted by Crippen LogP contribution is 2.61. The van der Waals surface area contributed by atoms with Gasteiger partial charge in [0.25, 0.3) is 23.4 Å². The molecule has 0 unspecified atom stereocenters. The highest BCUT2D eigenvalue weighted by Gasteiger charge is 2.63. The van der Waals surface area contributed by atoms with Crippen LogP contribution in [0.5, 0.6) is 0 Å². The van der Waals surface area contributed by atoms with Crippen molar-refractivity contribution >= 4 is 29.2 Å². The van der Waals surface area contributed by atoms with Crippen LogP contribution in [-0.2, 0) is 9.59 Å². The van der Waals surface area contributed by atoms with E-state index in [4.69, 9.17) is 0 Å². The number of hydrogen-bond acceptors (Lipinski definition) is 6. The Morgan fingerprint density at radius 2 is 1.26 bits per heavy atom. The van der Waals surface area contributed by atoms with Crippen molar-refractivity contribution in [1.82, 2.24) is 10.0 Å². The zero-order valence-corrected chi connectivity index (χ0v) is 22.4. The van der Waals surface area contributed by atoms with Gasteiger partial charge in [0.05, 0.1) is 16.8 Å². The maximum absolute atomic E-state index is 14.3. The first-order chi connectivity index (χ1) is 20.8. The quantitative estimate of drug-likeness (QED) is 0.140. The molecule has 2 bridgehead atoms. The molecule has 2 atom stereocenters. The molecule has 4 aromatic carbocycles. The summed E-state index contributed by atoms with van der Waals surface area (Å²) in [6.07, 6.45) is 0. The third-order valence-corrected chi connectivity index (χ3v) is 8.66. The van der Waals surface area contributed by atoms with Crippen molar-refractivity contribution in [2.45, 2.75) is 11.8 Å². The van der Waals surface area contributed by atoms with Gasteiger partial charge in [0.15, 0.2) is 5.78 Å². The van der Waals surface area contributed by atoms with E-state index >= 15 is 0 Å². The van der Waals surface area contributed by atoms with Gasteiger partial charge in [-0.25, -0.2) is 9.40 Å². The highest BCUT2D eigenvalue weighted by molar-refractivity contribution is 6.11. The number of hydrazine groups is 1. The van der Waals surface area contributed by atoms with Crippen LogP contribution in [0.4, 0.5) is 10.1 Å². The number of non-ortho nitro benzene ring substituents is 1. The maximum Gasteiger partial charge on any atom is 0.273 e. The number of halogens is 1. The van der Waals surface area contributed by atoms with Crippen molar-refractivity contribution < 1.29 is 28.5 Å². The van der Waals surface area contributed by atoms with Gasteiger partial charge < -0.3 is 0 Å². The predicted molar refractivity (Wildman–Crippen MR) is 150 cm³/mol. The predicted octanol–water partition coefficient (Wildman–Crippen LogP) is 4.87. The topological polar surface area (TPSA) is 118 Å². The fraction of sp³-hybridized carbons (Fsp3) is 0.152. The lowest BCUT2D eigenvalue weighted by Crippen LogP contribution is -2.52. The Morgan fingerprint density at radius 1 is 0.744 bits per heavy atom. The molecule has 1 fully saturated rings. The molecule has 1 saturated heterocycles. The first-order valence-corrected chi connectivity index (χ1v) is 13.7. The van der Waals surface area contributed by atoms with Crippen LogP contribution in [0.2, 0.25) is 0 Å². The van der Waals surface area contributed by atoms with Crippen molar-refractivity contribution in [3.63, 3.8) is 0 Å². The molecule has 0 N–H and O–H groups in total. The van der Waals surface area contributed by atoms with Crippen LogP contribution in [0.3, 0.4) is 0 Å². The standard InChI is InChI=1S/C33H22FN3O6/c34-20-14-12-18(13-15-20)26(38)17-35(31(39)19-6-5-7-21(16-19)37(42)43)36-32(40)29-27-22-8-1-2-9-23(22)28(30(29)33(36)41)25-11-4-3-10-24(25)27/h1-16,27-30H,17H2/t27?,28?,29-,30+. The normalized spacial score (nSPS) is 21.2. The number of amides is 3. The molecule has 0 radical (unpaired) electrons. The lowest BCUT2D eigenvalue weighted by atomic mass is 9.55. The molecule has 1 heterocycles. The molecule has 9 nitrogen and oxygen atoms in total. The SMILES string of the molecule is O=C(CN(C(=O)c1cccc([N+](=O)[O-])c1)N1C(=O)[C@@H]2C3c4ccccc4C(c4ccccc43)[C@@H]2C1=O)c1ccc(F)cc1. The number of benzene rings is 4.